The van der Waals surface area contributed by atoms with Crippen molar-refractivity contribution in [2.24, 2.45) is 0 Å². The standard InChI is InChI=1S/C24H27N5O4/c1-17(30)26-19-11-9-18(10-12-19)22-13-14-25-24(28-22)27-20-6-5-7-21(16-20)33-15-4-2-3-8-23(31)29-32/h5-7,9-14,16,32H,2-4,8,15H2,1H3,(H,26,30)(H,29,31)(H,25,27,28). The number of hydrogen-bond acceptors (Lipinski definition) is 7. The molecular formula is C24H27N5O4. The van der Waals surface area contributed by atoms with Crippen molar-refractivity contribution in [2.75, 3.05) is 17.2 Å². The highest BCUT2D eigenvalue weighted by atomic mass is 16.5. The topological polar surface area (TPSA) is 125 Å². The molecule has 0 fully saturated rings. The maximum Gasteiger partial charge on any atom is 0.243 e. The highest BCUT2D eigenvalue weighted by molar-refractivity contribution is 5.88. The monoisotopic (exact) mass is 449 g/mol. The Balaban J connectivity index is 1.54. The fourth-order valence-corrected chi connectivity index (χ4v) is 3.11. The fourth-order valence-electron chi connectivity index (χ4n) is 3.11. The molecule has 3 rings (SSSR count). The lowest BCUT2D eigenvalue weighted by molar-refractivity contribution is -0.129. The van der Waals surface area contributed by atoms with Gasteiger partial charge in [-0.3, -0.25) is 14.8 Å². The molecule has 0 spiro atoms. The van der Waals surface area contributed by atoms with Crippen LogP contribution < -0.4 is 20.9 Å². The van der Waals surface area contributed by atoms with Gasteiger partial charge in [-0.25, -0.2) is 15.4 Å². The number of ether oxygens (including phenoxy) is 1. The maximum atomic E-state index is 11.2. The summed E-state index contributed by atoms with van der Waals surface area (Å²) in [4.78, 5) is 31.0. The van der Waals surface area contributed by atoms with E-state index in [0.717, 1.165) is 41.2 Å². The molecule has 4 N–H and O–H groups in total. The van der Waals surface area contributed by atoms with E-state index in [2.05, 4.69) is 20.6 Å². The molecule has 3 aromatic rings. The van der Waals surface area contributed by atoms with E-state index in [-0.39, 0.29) is 11.8 Å². The normalized spacial score (nSPS) is 10.4. The van der Waals surface area contributed by atoms with Crippen LogP contribution in [0.2, 0.25) is 0 Å². The summed E-state index contributed by atoms with van der Waals surface area (Å²) >= 11 is 0. The van der Waals surface area contributed by atoms with Crippen LogP contribution in [0.25, 0.3) is 11.3 Å². The number of carbonyl (C=O) groups is 2. The Morgan fingerprint density at radius 3 is 2.58 bits per heavy atom. The molecule has 0 aliphatic carbocycles. The smallest absolute Gasteiger partial charge is 0.243 e. The van der Waals surface area contributed by atoms with E-state index in [9.17, 15) is 9.59 Å². The third-order valence-corrected chi connectivity index (χ3v) is 4.69. The third-order valence-electron chi connectivity index (χ3n) is 4.69. The number of anilines is 3. The molecule has 0 atom stereocenters. The summed E-state index contributed by atoms with van der Waals surface area (Å²) in [6.45, 7) is 2.00. The van der Waals surface area contributed by atoms with Crippen LogP contribution in [0, 0.1) is 0 Å². The molecule has 2 aromatic carbocycles. The Morgan fingerprint density at radius 2 is 1.82 bits per heavy atom. The van der Waals surface area contributed by atoms with Crippen molar-refractivity contribution >= 4 is 29.1 Å². The molecular weight excluding hydrogens is 422 g/mol. The Morgan fingerprint density at radius 1 is 1.00 bits per heavy atom. The van der Waals surface area contributed by atoms with Crippen LogP contribution in [0.3, 0.4) is 0 Å². The van der Waals surface area contributed by atoms with Crippen molar-refractivity contribution in [3.8, 4) is 17.0 Å². The summed E-state index contributed by atoms with van der Waals surface area (Å²) in [6.07, 6.45) is 4.32. The predicted octanol–water partition coefficient (Wildman–Crippen LogP) is 4.29. The van der Waals surface area contributed by atoms with Crippen molar-refractivity contribution in [1.29, 1.82) is 0 Å². The SMILES string of the molecule is CC(=O)Nc1ccc(-c2ccnc(Nc3cccc(OCCCCCC(=O)NO)c3)n2)cc1. The van der Waals surface area contributed by atoms with Gasteiger partial charge in [0.1, 0.15) is 5.75 Å². The zero-order valence-corrected chi connectivity index (χ0v) is 18.4. The first-order chi connectivity index (χ1) is 16.0. The number of benzene rings is 2. The van der Waals surface area contributed by atoms with E-state index in [1.165, 1.54) is 6.92 Å². The summed E-state index contributed by atoms with van der Waals surface area (Å²) in [5.41, 5.74) is 4.81. The molecule has 1 heterocycles. The number of unbranched alkanes of at least 4 members (excludes halogenated alkanes) is 2. The molecule has 0 aliphatic rings. The van der Waals surface area contributed by atoms with Crippen LogP contribution in [-0.2, 0) is 9.59 Å². The molecule has 9 nitrogen and oxygen atoms in total. The average molecular weight is 450 g/mol. The van der Waals surface area contributed by atoms with Gasteiger partial charge in [0.15, 0.2) is 0 Å². The number of aromatic nitrogens is 2. The first-order valence-electron chi connectivity index (χ1n) is 10.7. The van der Waals surface area contributed by atoms with Crippen molar-refractivity contribution in [3.63, 3.8) is 0 Å². The van der Waals surface area contributed by atoms with Gasteiger partial charge in [0.2, 0.25) is 17.8 Å². The first-order valence-corrected chi connectivity index (χ1v) is 10.7. The van der Waals surface area contributed by atoms with E-state index in [1.807, 2.05) is 54.6 Å². The van der Waals surface area contributed by atoms with Crippen LogP contribution in [0.1, 0.15) is 32.6 Å². The quantitative estimate of drug-likeness (QED) is 0.195. The predicted molar refractivity (Wildman–Crippen MR) is 125 cm³/mol. The van der Waals surface area contributed by atoms with Gasteiger partial charge in [0.05, 0.1) is 12.3 Å². The van der Waals surface area contributed by atoms with Crippen molar-refractivity contribution in [2.45, 2.75) is 32.6 Å². The zero-order chi connectivity index (χ0) is 23.5. The Kier molecular flexibility index (Phi) is 8.72. The zero-order valence-electron chi connectivity index (χ0n) is 18.4. The van der Waals surface area contributed by atoms with Crippen LogP contribution in [0.15, 0.2) is 60.8 Å². The van der Waals surface area contributed by atoms with Gasteiger partial charge in [-0.05, 0) is 49.6 Å². The molecule has 172 valence electrons. The van der Waals surface area contributed by atoms with E-state index in [1.54, 1.807) is 11.7 Å². The van der Waals surface area contributed by atoms with Gasteiger partial charge < -0.3 is 15.4 Å². The van der Waals surface area contributed by atoms with Crippen LogP contribution in [0.4, 0.5) is 17.3 Å². The number of hydrogen-bond donors (Lipinski definition) is 4. The van der Waals surface area contributed by atoms with Crippen LogP contribution in [0.5, 0.6) is 5.75 Å². The van der Waals surface area contributed by atoms with E-state index in [0.29, 0.717) is 25.4 Å². The Labute approximate surface area is 192 Å². The number of hydroxylamine groups is 1. The second-order valence-electron chi connectivity index (χ2n) is 7.37. The van der Waals surface area contributed by atoms with Crippen LogP contribution >= 0.6 is 0 Å². The van der Waals surface area contributed by atoms with Gasteiger partial charge in [-0.1, -0.05) is 18.2 Å². The third kappa shape index (κ3) is 7.89. The number of nitrogens with zero attached hydrogens (tertiary/aromatic N) is 2. The summed E-state index contributed by atoms with van der Waals surface area (Å²) < 4.78 is 5.79. The van der Waals surface area contributed by atoms with Gasteiger partial charge in [0.25, 0.3) is 0 Å². The van der Waals surface area contributed by atoms with E-state index < -0.39 is 0 Å². The lowest BCUT2D eigenvalue weighted by atomic mass is 10.1. The molecule has 2 amide bonds. The molecule has 9 heteroatoms. The van der Waals surface area contributed by atoms with Gasteiger partial charge >= 0.3 is 0 Å². The van der Waals surface area contributed by atoms with Gasteiger partial charge in [-0.15, -0.1) is 0 Å². The van der Waals surface area contributed by atoms with Crippen molar-refractivity contribution in [1.82, 2.24) is 15.4 Å². The number of amides is 2. The number of nitrogens with one attached hydrogen (secondary N) is 3. The molecule has 0 bridgehead atoms. The summed E-state index contributed by atoms with van der Waals surface area (Å²) in [5.74, 6) is 0.688. The molecule has 0 unspecified atom stereocenters. The molecule has 1 aromatic heterocycles. The van der Waals surface area contributed by atoms with E-state index >= 15 is 0 Å². The lowest BCUT2D eigenvalue weighted by Crippen LogP contribution is -2.17. The number of carbonyl (C=O) groups excluding carboxylic acids is 2. The highest BCUT2D eigenvalue weighted by Crippen LogP contribution is 2.23. The molecule has 0 aliphatic heterocycles. The van der Waals surface area contributed by atoms with E-state index in [4.69, 9.17) is 9.94 Å². The minimum atomic E-state index is -0.372. The maximum absolute atomic E-state index is 11.2. The van der Waals surface area contributed by atoms with Crippen LogP contribution in [-0.4, -0.2) is 33.6 Å². The lowest BCUT2D eigenvalue weighted by Gasteiger charge is -2.10. The van der Waals surface area contributed by atoms with Gasteiger partial charge in [0, 0.05) is 42.5 Å². The van der Waals surface area contributed by atoms with Crippen molar-refractivity contribution in [3.05, 3.63) is 60.8 Å². The largest absolute Gasteiger partial charge is 0.494 e. The summed E-state index contributed by atoms with van der Waals surface area (Å²) in [6, 6.07) is 16.8. The number of rotatable bonds is 11. The fraction of sp³-hybridized carbons (Fsp3) is 0.250. The second-order valence-corrected chi connectivity index (χ2v) is 7.37. The van der Waals surface area contributed by atoms with Gasteiger partial charge in [-0.2, -0.15) is 0 Å². The minimum Gasteiger partial charge on any atom is -0.494 e. The summed E-state index contributed by atoms with van der Waals surface area (Å²) in [7, 11) is 0. The molecule has 0 radical (unpaired) electrons. The first kappa shape index (κ1) is 23.7. The summed E-state index contributed by atoms with van der Waals surface area (Å²) in [5, 5.41) is 14.4. The van der Waals surface area contributed by atoms with Crippen molar-refractivity contribution < 1.29 is 19.5 Å². The average Bonchev–Trinajstić information content (AvgIpc) is 2.81. The highest BCUT2D eigenvalue weighted by Gasteiger charge is 2.05. The molecule has 0 saturated carbocycles. The molecule has 0 saturated heterocycles. The minimum absolute atomic E-state index is 0.116. The molecule has 33 heavy (non-hydrogen) atoms. The Bertz CT molecular complexity index is 1070. The second kappa shape index (κ2) is 12.2. The Hall–Kier alpha value is -3.98.